The van der Waals surface area contributed by atoms with Crippen molar-refractivity contribution in [1.29, 1.82) is 5.26 Å². The van der Waals surface area contributed by atoms with E-state index < -0.39 is 4.32 Å². The van der Waals surface area contributed by atoms with Gasteiger partial charge in [0.2, 0.25) is 0 Å². The maximum Gasteiger partial charge on any atom is 0.135 e. The van der Waals surface area contributed by atoms with Crippen molar-refractivity contribution in [2.45, 2.75) is 17.7 Å². The predicted molar refractivity (Wildman–Crippen MR) is 39.4 cm³/mol. The van der Waals surface area contributed by atoms with Crippen LogP contribution in [0.5, 0.6) is 0 Å². The first-order valence-corrected chi connectivity index (χ1v) is 3.57. The lowest BCUT2D eigenvalue weighted by Crippen LogP contribution is -2.23. The average Bonchev–Trinajstić information content (AvgIpc) is 1.89. The Kier molecular flexibility index (Phi) is 3.83. The summed E-state index contributed by atoms with van der Waals surface area (Å²) in [5, 5.41) is 8.54. The van der Waals surface area contributed by atoms with Crippen molar-refractivity contribution < 1.29 is 4.74 Å². The van der Waals surface area contributed by atoms with E-state index in [9.17, 15) is 0 Å². The monoisotopic (exact) mass is 191 g/mol. The smallest absolute Gasteiger partial charge is 0.135 e. The third-order valence-corrected chi connectivity index (χ3v) is 2.10. The van der Waals surface area contributed by atoms with Gasteiger partial charge in [-0.05, 0) is 6.42 Å². The maximum absolute atomic E-state index is 8.54. The number of halogens is 1. The molecule has 0 aliphatic rings. The lowest BCUT2D eigenvalue weighted by molar-refractivity contribution is 0.184. The van der Waals surface area contributed by atoms with Crippen LogP contribution in [-0.2, 0) is 4.74 Å². The molecule has 0 radical (unpaired) electrons. The molecule has 0 rings (SSSR count). The van der Waals surface area contributed by atoms with Gasteiger partial charge in [0.05, 0.1) is 12.7 Å². The molecule has 0 fully saturated rings. The number of alkyl halides is 1. The largest absolute Gasteiger partial charge is 0.382 e. The van der Waals surface area contributed by atoms with Crippen LogP contribution in [0.2, 0.25) is 0 Å². The van der Waals surface area contributed by atoms with E-state index in [0.29, 0.717) is 6.61 Å². The molecule has 0 heterocycles. The van der Waals surface area contributed by atoms with Gasteiger partial charge in [-0.25, -0.2) is 0 Å². The first-order chi connectivity index (χ1) is 4.18. The van der Waals surface area contributed by atoms with Gasteiger partial charge >= 0.3 is 0 Å². The van der Waals surface area contributed by atoms with Crippen molar-refractivity contribution in [3.05, 3.63) is 0 Å². The molecule has 0 amide bonds. The second-order valence-corrected chi connectivity index (χ2v) is 3.38. The first kappa shape index (κ1) is 8.93. The summed E-state index contributed by atoms with van der Waals surface area (Å²) >= 11 is 3.26. The quantitative estimate of drug-likeness (QED) is 0.637. The highest BCUT2D eigenvalue weighted by Gasteiger charge is 2.22. The number of hydrogen-bond acceptors (Lipinski definition) is 2. The van der Waals surface area contributed by atoms with Gasteiger partial charge < -0.3 is 4.74 Å². The van der Waals surface area contributed by atoms with Crippen LogP contribution in [0.25, 0.3) is 0 Å². The van der Waals surface area contributed by atoms with Crippen LogP contribution < -0.4 is 0 Å². The molecule has 1 atom stereocenters. The molecule has 52 valence electrons. The lowest BCUT2D eigenvalue weighted by Gasteiger charge is -2.14. The Bertz CT molecular complexity index is 121. The maximum atomic E-state index is 8.54. The van der Waals surface area contributed by atoms with Gasteiger partial charge in [-0.2, -0.15) is 5.26 Å². The van der Waals surface area contributed by atoms with Crippen molar-refractivity contribution in [3.8, 4) is 6.07 Å². The van der Waals surface area contributed by atoms with Gasteiger partial charge in [-0.15, -0.1) is 0 Å². The summed E-state index contributed by atoms with van der Waals surface area (Å²) in [6.45, 7) is 2.39. The predicted octanol–water partition coefficient (Wildman–Crippen LogP) is 1.70. The molecule has 0 aromatic rings. The van der Waals surface area contributed by atoms with E-state index in [-0.39, 0.29) is 0 Å². The Morgan fingerprint density at radius 2 is 2.33 bits per heavy atom. The Morgan fingerprint density at radius 3 is 2.44 bits per heavy atom. The topological polar surface area (TPSA) is 33.0 Å². The molecule has 0 saturated heterocycles. The highest BCUT2D eigenvalue weighted by molar-refractivity contribution is 9.10. The van der Waals surface area contributed by atoms with Crippen molar-refractivity contribution in [1.82, 2.24) is 0 Å². The van der Waals surface area contributed by atoms with E-state index in [4.69, 9.17) is 10.00 Å². The number of nitrogens with zero attached hydrogens (tertiary/aromatic N) is 1. The lowest BCUT2D eigenvalue weighted by atomic mass is 10.1. The van der Waals surface area contributed by atoms with Crippen LogP contribution in [0, 0.1) is 11.3 Å². The molecule has 2 nitrogen and oxygen atoms in total. The normalized spacial score (nSPS) is 16.2. The van der Waals surface area contributed by atoms with E-state index in [1.807, 2.05) is 6.92 Å². The highest BCUT2D eigenvalue weighted by Crippen LogP contribution is 2.20. The first-order valence-electron chi connectivity index (χ1n) is 2.77. The Hall–Kier alpha value is -0.0700. The molecule has 0 spiro atoms. The second-order valence-electron chi connectivity index (χ2n) is 1.86. The molecular formula is C6H10BrNO. The minimum atomic E-state index is -0.470. The molecule has 3 heteroatoms. The molecule has 0 saturated carbocycles. The van der Waals surface area contributed by atoms with E-state index in [2.05, 4.69) is 22.0 Å². The summed E-state index contributed by atoms with van der Waals surface area (Å²) in [5.41, 5.74) is 0. The zero-order chi connectivity index (χ0) is 7.33. The highest BCUT2D eigenvalue weighted by atomic mass is 79.9. The van der Waals surface area contributed by atoms with Crippen molar-refractivity contribution in [2.75, 3.05) is 13.7 Å². The van der Waals surface area contributed by atoms with E-state index >= 15 is 0 Å². The van der Waals surface area contributed by atoms with Crippen molar-refractivity contribution in [2.24, 2.45) is 0 Å². The molecule has 0 aliphatic carbocycles. The van der Waals surface area contributed by atoms with Gasteiger partial charge in [0.1, 0.15) is 4.32 Å². The number of rotatable bonds is 3. The molecule has 1 unspecified atom stereocenters. The fraction of sp³-hybridized carbons (Fsp3) is 0.833. The van der Waals surface area contributed by atoms with E-state index in [1.165, 1.54) is 0 Å². The summed E-state index contributed by atoms with van der Waals surface area (Å²) in [6, 6.07) is 2.12. The standard InChI is InChI=1S/C6H10BrNO/c1-3-6(7,4-8)5-9-2/h3,5H2,1-2H3. The van der Waals surface area contributed by atoms with Crippen LogP contribution in [-0.4, -0.2) is 18.0 Å². The van der Waals surface area contributed by atoms with Crippen LogP contribution >= 0.6 is 15.9 Å². The Morgan fingerprint density at radius 1 is 1.78 bits per heavy atom. The molecule has 0 aliphatic heterocycles. The third-order valence-electron chi connectivity index (χ3n) is 1.13. The molecule has 0 bridgehead atoms. The fourth-order valence-electron chi connectivity index (χ4n) is 0.442. The van der Waals surface area contributed by atoms with Crippen LogP contribution in [0.3, 0.4) is 0 Å². The average molecular weight is 192 g/mol. The fourth-order valence-corrected chi connectivity index (χ4v) is 0.671. The Balaban J connectivity index is 3.81. The molecule has 0 N–H and O–H groups in total. The number of ether oxygens (including phenoxy) is 1. The summed E-state index contributed by atoms with van der Waals surface area (Å²) in [4.78, 5) is 0. The van der Waals surface area contributed by atoms with Gasteiger partial charge in [-0.1, -0.05) is 22.9 Å². The molecule has 9 heavy (non-hydrogen) atoms. The molecular weight excluding hydrogens is 182 g/mol. The zero-order valence-electron chi connectivity index (χ0n) is 5.65. The van der Waals surface area contributed by atoms with Crippen molar-refractivity contribution in [3.63, 3.8) is 0 Å². The second kappa shape index (κ2) is 3.86. The van der Waals surface area contributed by atoms with Crippen LogP contribution in [0.1, 0.15) is 13.3 Å². The van der Waals surface area contributed by atoms with E-state index in [0.717, 1.165) is 6.42 Å². The summed E-state index contributed by atoms with van der Waals surface area (Å²) in [6.07, 6.45) is 0.761. The summed E-state index contributed by atoms with van der Waals surface area (Å²) in [7, 11) is 1.59. The minimum absolute atomic E-state index is 0.444. The zero-order valence-corrected chi connectivity index (χ0v) is 7.23. The Labute approximate surface area is 63.9 Å². The summed E-state index contributed by atoms with van der Waals surface area (Å²) in [5.74, 6) is 0. The SMILES string of the molecule is CCC(Br)(C#N)COC. The van der Waals surface area contributed by atoms with Gasteiger partial charge in [0.25, 0.3) is 0 Å². The van der Waals surface area contributed by atoms with Crippen LogP contribution in [0.15, 0.2) is 0 Å². The third kappa shape index (κ3) is 2.83. The number of hydrogen-bond donors (Lipinski definition) is 0. The summed E-state index contributed by atoms with van der Waals surface area (Å²) < 4.78 is 4.35. The number of methoxy groups -OCH3 is 1. The number of nitriles is 1. The molecule has 0 aromatic carbocycles. The van der Waals surface area contributed by atoms with Gasteiger partial charge in [-0.3, -0.25) is 0 Å². The molecule has 0 aromatic heterocycles. The minimum Gasteiger partial charge on any atom is -0.382 e. The van der Waals surface area contributed by atoms with Gasteiger partial charge in [0.15, 0.2) is 0 Å². The van der Waals surface area contributed by atoms with Crippen LogP contribution in [0.4, 0.5) is 0 Å². The van der Waals surface area contributed by atoms with Gasteiger partial charge in [0, 0.05) is 7.11 Å². The van der Waals surface area contributed by atoms with E-state index in [1.54, 1.807) is 7.11 Å². The van der Waals surface area contributed by atoms with Crippen molar-refractivity contribution >= 4 is 15.9 Å².